The Morgan fingerprint density at radius 3 is 1.67 bits per heavy atom. The third-order valence-corrected chi connectivity index (χ3v) is 7.53. The summed E-state index contributed by atoms with van der Waals surface area (Å²) in [4.78, 5) is 17.3. The minimum absolute atomic E-state index is 0.232. The van der Waals surface area contributed by atoms with Crippen molar-refractivity contribution in [2.75, 3.05) is 6.26 Å². The number of hydrogen-bond donors (Lipinski definition) is 0. The van der Waals surface area contributed by atoms with Crippen molar-refractivity contribution in [1.82, 2.24) is 0 Å². The SMILES string of the molecule is CSc1ccc(OC(=O)c2ccc([S+](c3ccccc3)c3ccccc3)cc2)cc1. The number of ether oxygens (including phenoxy) is 1. The van der Waals surface area contributed by atoms with Crippen LogP contribution in [0, 0.1) is 0 Å². The number of benzene rings is 4. The lowest BCUT2D eigenvalue weighted by molar-refractivity contribution is 0.0734. The van der Waals surface area contributed by atoms with E-state index >= 15 is 0 Å². The van der Waals surface area contributed by atoms with Gasteiger partial charge < -0.3 is 4.74 Å². The fraction of sp³-hybridized carbons (Fsp3) is 0.0385. The van der Waals surface area contributed by atoms with Gasteiger partial charge in [-0.25, -0.2) is 4.79 Å². The van der Waals surface area contributed by atoms with Crippen molar-refractivity contribution in [1.29, 1.82) is 0 Å². The highest BCUT2D eigenvalue weighted by Crippen LogP contribution is 2.31. The summed E-state index contributed by atoms with van der Waals surface area (Å²) < 4.78 is 5.52. The summed E-state index contributed by atoms with van der Waals surface area (Å²) in [5.74, 6) is 0.202. The normalized spacial score (nSPS) is 10.7. The molecular weight excluding hydrogens is 408 g/mol. The van der Waals surface area contributed by atoms with Crippen LogP contribution in [0.1, 0.15) is 10.4 Å². The fourth-order valence-corrected chi connectivity index (χ4v) is 5.55. The Morgan fingerprint density at radius 2 is 1.17 bits per heavy atom. The van der Waals surface area contributed by atoms with E-state index in [-0.39, 0.29) is 16.9 Å². The molecule has 30 heavy (non-hydrogen) atoms. The molecule has 0 bridgehead atoms. The summed E-state index contributed by atoms with van der Waals surface area (Å²) in [6.45, 7) is 0. The second-order valence-electron chi connectivity index (χ2n) is 6.52. The van der Waals surface area contributed by atoms with Crippen molar-refractivity contribution in [2.45, 2.75) is 19.6 Å². The monoisotopic (exact) mass is 429 g/mol. The first-order valence-electron chi connectivity index (χ1n) is 9.55. The van der Waals surface area contributed by atoms with Gasteiger partial charge >= 0.3 is 5.97 Å². The average molecular weight is 430 g/mol. The quantitative estimate of drug-likeness (QED) is 0.147. The van der Waals surface area contributed by atoms with Crippen LogP contribution in [-0.4, -0.2) is 12.2 Å². The summed E-state index contributed by atoms with van der Waals surface area (Å²) in [6.07, 6.45) is 2.02. The topological polar surface area (TPSA) is 26.3 Å². The lowest BCUT2D eigenvalue weighted by Crippen LogP contribution is -2.09. The molecule has 4 heteroatoms. The molecule has 0 amide bonds. The van der Waals surface area contributed by atoms with Gasteiger partial charge in [0.2, 0.25) is 0 Å². The Kier molecular flexibility index (Phi) is 6.57. The largest absolute Gasteiger partial charge is 0.423 e. The van der Waals surface area contributed by atoms with Crippen LogP contribution < -0.4 is 4.74 Å². The summed E-state index contributed by atoms with van der Waals surface area (Å²) in [6, 6.07) is 36.2. The maximum Gasteiger partial charge on any atom is 0.343 e. The van der Waals surface area contributed by atoms with Crippen molar-refractivity contribution in [2.24, 2.45) is 0 Å². The first-order valence-corrected chi connectivity index (χ1v) is 12.0. The summed E-state index contributed by atoms with van der Waals surface area (Å²) >= 11 is 1.65. The molecule has 2 nitrogen and oxygen atoms in total. The van der Waals surface area contributed by atoms with Gasteiger partial charge in [-0.05, 0) is 79.1 Å². The Balaban J connectivity index is 1.58. The van der Waals surface area contributed by atoms with Gasteiger partial charge in [0.1, 0.15) is 5.75 Å². The molecular formula is C26H21O2S2+. The van der Waals surface area contributed by atoms with E-state index < -0.39 is 0 Å². The molecule has 0 aliphatic rings. The Hall–Kier alpha value is -2.95. The predicted molar refractivity (Wildman–Crippen MR) is 125 cm³/mol. The lowest BCUT2D eigenvalue weighted by atomic mass is 10.2. The first kappa shape index (κ1) is 20.3. The molecule has 4 aromatic rings. The van der Waals surface area contributed by atoms with Gasteiger partial charge in [0.25, 0.3) is 0 Å². The molecule has 0 saturated carbocycles. The average Bonchev–Trinajstić information content (AvgIpc) is 2.81. The number of rotatable bonds is 6. The molecule has 0 radical (unpaired) electrons. The number of carbonyl (C=O) groups excluding carboxylic acids is 1. The van der Waals surface area contributed by atoms with Gasteiger partial charge in [0.15, 0.2) is 14.7 Å². The van der Waals surface area contributed by atoms with E-state index in [9.17, 15) is 4.79 Å². The summed E-state index contributed by atoms with van der Waals surface area (Å²) in [5.41, 5.74) is 0.539. The summed E-state index contributed by atoms with van der Waals surface area (Å²) in [7, 11) is -0.232. The van der Waals surface area contributed by atoms with Crippen molar-refractivity contribution in [3.8, 4) is 5.75 Å². The minimum atomic E-state index is -0.349. The van der Waals surface area contributed by atoms with E-state index in [1.807, 2.05) is 66.9 Å². The van der Waals surface area contributed by atoms with Crippen LogP contribution in [0.4, 0.5) is 0 Å². The predicted octanol–water partition coefficient (Wildman–Crippen LogP) is 6.72. The van der Waals surface area contributed by atoms with Gasteiger partial charge in [0.05, 0.1) is 16.5 Å². The number of thioether (sulfide) groups is 1. The molecule has 0 spiro atoms. The van der Waals surface area contributed by atoms with Gasteiger partial charge in [0, 0.05) is 4.90 Å². The van der Waals surface area contributed by atoms with Crippen LogP contribution in [0.25, 0.3) is 0 Å². The van der Waals surface area contributed by atoms with E-state index in [0.717, 1.165) is 9.79 Å². The maximum absolute atomic E-state index is 12.6. The summed E-state index contributed by atoms with van der Waals surface area (Å²) in [5, 5.41) is 0. The Labute approximate surface area is 184 Å². The van der Waals surface area contributed by atoms with Crippen LogP contribution in [0.15, 0.2) is 129 Å². The van der Waals surface area contributed by atoms with E-state index in [4.69, 9.17) is 4.74 Å². The van der Waals surface area contributed by atoms with Crippen molar-refractivity contribution in [3.05, 3.63) is 115 Å². The van der Waals surface area contributed by atoms with Gasteiger partial charge in [-0.2, -0.15) is 0 Å². The second-order valence-corrected chi connectivity index (χ2v) is 9.43. The fourth-order valence-electron chi connectivity index (χ4n) is 3.06. The van der Waals surface area contributed by atoms with Gasteiger partial charge in [-0.15, -0.1) is 11.8 Å². The zero-order valence-corrected chi connectivity index (χ0v) is 18.2. The van der Waals surface area contributed by atoms with Crippen molar-refractivity contribution >= 4 is 28.6 Å². The highest BCUT2D eigenvalue weighted by molar-refractivity contribution is 7.98. The van der Waals surface area contributed by atoms with Crippen LogP contribution in [-0.2, 0) is 10.9 Å². The highest BCUT2D eigenvalue weighted by Gasteiger charge is 2.28. The Bertz CT molecular complexity index is 1050. The molecule has 0 heterocycles. The van der Waals surface area contributed by atoms with E-state index in [2.05, 4.69) is 48.5 Å². The molecule has 0 aromatic heterocycles. The molecule has 4 aromatic carbocycles. The number of hydrogen-bond acceptors (Lipinski definition) is 3. The van der Waals surface area contributed by atoms with Crippen LogP contribution in [0.5, 0.6) is 5.75 Å². The van der Waals surface area contributed by atoms with E-state index in [1.54, 1.807) is 11.8 Å². The van der Waals surface area contributed by atoms with E-state index in [1.165, 1.54) is 9.79 Å². The molecule has 0 fully saturated rings. The van der Waals surface area contributed by atoms with Crippen LogP contribution >= 0.6 is 11.8 Å². The smallest absolute Gasteiger partial charge is 0.343 e. The minimum Gasteiger partial charge on any atom is -0.423 e. The van der Waals surface area contributed by atoms with Crippen molar-refractivity contribution < 1.29 is 9.53 Å². The molecule has 0 aliphatic carbocycles. The molecule has 0 N–H and O–H groups in total. The maximum atomic E-state index is 12.6. The Morgan fingerprint density at radius 1 is 0.667 bits per heavy atom. The van der Waals surface area contributed by atoms with Gasteiger partial charge in [-0.1, -0.05) is 36.4 Å². The van der Waals surface area contributed by atoms with Crippen molar-refractivity contribution in [3.63, 3.8) is 0 Å². The van der Waals surface area contributed by atoms with Crippen LogP contribution in [0.3, 0.4) is 0 Å². The molecule has 0 saturated heterocycles. The van der Waals surface area contributed by atoms with Gasteiger partial charge in [-0.3, -0.25) is 0 Å². The standard InChI is InChI=1S/C26H21O2S2/c1-29-22-16-14-21(15-17-22)28-26(27)20-12-18-25(19-13-20)30(23-8-4-2-5-9-23)24-10-6-3-7-11-24/h2-19H,1H3/q+1. The third-order valence-electron chi connectivity index (χ3n) is 4.55. The number of esters is 1. The van der Waals surface area contributed by atoms with E-state index in [0.29, 0.717) is 11.3 Å². The first-order chi connectivity index (χ1) is 14.7. The molecule has 0 atom stereocenters. The lowest BCUT2D eigenvalue weighted by Gasteiger charge is -2.09. The molecule has 4 rings (SSSR count). The molecule has 0 aliphatic heterocycles. The zero-order valence-electron chi connectivity index (χ0n) is 16.5. The zero-order chi connectivity index (χ0) is 20.8. The second kappa shape index (κ2) is 9.70. The number of carbonyl (C=O) groups is 1. The third kappa shape index (κ3) is 4.78. The van der Waals surface area contributed by atoms with Crippen LogP contribution in [0.2, 0.25) is 0 Å². The highest BCUT2D eigenvalue weighted by atomic mass is 32.2. The molecule has 148 valence electrons. The molecule has 0 unspecified atom stereocenters.